The molecule has 66 valence electrons. The fraction of sp³-hybridized carbons (Fsp3) is 0. The van der Waals surface area contributed by atoms with Crippen LogP contribution in [0.4, 0.5) is 4.79 Å². The van der Waals surface area contributed by atoms with Crippen molar-refractivity contribution in [1.82, 2.24) is 6.15 Å². The first-order valence-electron chi connectivity index (χ1n) is 1.56. The summed E-state index contributed by atoms with van der Waals surface area (Å²) in [4.78, 5) is 30.6. The second kappa shape index (κ2) is 11.0. The van der Waals surface area contributed by atoms with Crippen LogP contribution in [0.15, 0.2) is 0 Å². The van der Waals surface area contributed by atoms with Crippen molar-refractivity contribution >= 4 is 13.9 Å². The summed E-state index contributed by atoms with van der Waals surface area (Å²) >= 11 is 0. The number of rotatable bonds is 0. The van der Waals surface area contributed by atoms with Crippen LogP contribution >= 0.6 is 7.82 Å². The number of phosphoric acid groups is 1. The predicted molar refractivity (Wildman–Crippen MR) is 34.2 cm³/mol. The third kappa shape index (κ3) is 928. The van der Waals surface area contributed by atoms with Crippen molar-refractivity contribution < 1.29 is 76.9 Å². The number of nitrogens with two attached hydrogens (primary N) is 2. The van der Waals surface area contributed by atoms with Crippen LogP contribution < -0.4 is 69.0 Å². The Labute approximate surface area is 107 Å². The second-order valence-corrected chi connectivity index (χ2v) is 1.94. The molecule has 8 nitrogen and oxygen atoms in total. The third-order valence-electron chi connectivity index (χ3n) is 0. The fourth-order valence-electron chi connectivity index (χ4n) is 0. The van der Waals surface area contributed by atoms with Gasteiger partial charge in [0, 0.05) is 0 Å². The van der Waals surface area contributed by atoms with E-state index in [0.717, 1.165) is 0 Å². The summed E-state index contributed by atoms with van der Waals surface area (Å²) in [5, 5.41) is 0. The Morgan fingerprint density at radius 2 is 1.27 bits per heavy atom. The maximum Gasteiger partial charge on any atom is 1.00 e. The van der Waals surface area contributed by atoms with Gasteiger partial charge in [0.1, 0.15) is 0 Å². The molecule has 11 heavy (non-hydrogen) atoms. The van der Waals surface area contributed by atoms with Crippen LogP contribution in [0.3, 0.4) is 0 Å². The van der Waals surface area contributed by atoms with Crippen molar-refractivity contribution in [3.8, 4) is 0 Å². The monoisotopic (exact) mass is 215 g/mol. The summed E-state index contributed by atoms with van der Waals surface area (Å²) in [6.45, 7) is 0. The minimum atomic E-state index is -4.64. The number of hydrogen-bond acceptors (Lipinski definition) is 3. The normalized spacial score (nSPS) is 7.55. The molecule has 0 aromatic rings. The summed E-state index contributed by atoms with van der Waals surface area (Å²) in [7, 11) is -4.64. The molecule has 0 fully saturated rings. The van der Waals surface area contributed by atoms with Crippen LogP contribution in [-0.4, -0.2) is 20.7 Å². The van der Waals surface area contributed by atoms with Crippen molar-refractivity contribution in [3.63, 3.8) is 0 Å². The van der Waals surface area contributed by atoms with Gasteiger partial charge in [-0.1, -0.05) is 0 Å². The van der Waals surface area contributed by atoms with Gasteiger partial charge in [-0.15, -0.1) is 0 Å². The first kappa shape index (κ1) is 22.7. The standard InChI is InChI=1S/CH4N2O.K.H3N.H3O4P.H/c2-1(3)4;;;1-5(2,3)4;/h(H4,2,3,4);;1H3;(H3,1,2,3,4);/q;+1;;;-1. The predicted octanol–water partition coefficient (Wildman–Crippen LogP) is -4.63. The number of carbonyl (C=O) groups is 1. The molecule has 0 radical (unpaired) electrons. The van der Waals surface area contributed by atoms with Crippen molar-refractivity contribution in [1.29, 1.82) is 0 Å². The van der Waals surface area contributed by atoms with Crippen LogP contribution in [0, 0.1) is 0 Å². The van der Waals surface area contributed by atoms with E-state index in [1.165, 1.54) is 0 Å². The second-order valence-electron chi connectivity index (χ2n) is 0.916. The first-order valence-corrected chi connectivity index (χ1v) is 3.13. The average molecular weight is 215 g/mol. The number of urea groups is 1. The Kier molecular flexibility index (Phi) is 22.6. The molecule has 0 aliphatic heterocycles. The Hall–Kier alpha value is 0.976. The maximum absolute atomic E-state index is 9.00. The van der Waals surface area contributed by atoms with E-state index in [1.807, 2.05) is 0 Å². The van der Waals surface area contributed by atoms with Crippen LogP contribution in [0.1, 0.15) is 1.43 Å². The zero-order chi connectivity index (χ0) is 8.08. The van der Waals surface area contributed by atoms with Crippen LogP contribution in [0.2, 0.25) is 0 Å². The molecular formula is CH11KN3O5P. The average Bonchev–Trinajstić information content (AvgIpc) is 1.19. The molecule has 0 aliphatic rings. The zero-order valence-corrected chi connectivity index (χ0v) is 9.98. The largest absolute Gasteiger partial charge is 1.00 e. The van der Waals surface area contributed by atoms with E-state index in [1.54, 1.807) is 0 Å². The van der Waals surface area contributed by atoms with Crippen LogP contribution in [0.25, 0.3) is 0 Å². The quantitative estimate of drug-likeness (QED) is 0.174. The molecule has 0 atom stereocenters. The summed E-state index contributed by atoms with van der Waals surface area (Å²) in [5.74, 6) is 0. The first-order chi connectivity index (χ1) is 3.73. The van der Waals surface area contributed by atoms with Crippen molar-refractivity contribution in [2.45, 2.75) is 0 Å². The topological polar surface area (TPSA) is 182 Å². The van der Waals surface area contributed by atoms with E-state index >= 15 is 0 Å². The van der Waals surface area contributed by atoms with Gasteiger partial charge in [0.05, 0.1) is 0 Å². The molecule has 0 aromatic heterocycles. The minimum absolute atomic E-state index is 0. The van der Waals surface area contributed by atoms with Gasteiger partial charge in [0.25, 0.3) is 0 Å². The van der Waals surface area contributed by atoms with Gasteiger partial charge in [0.15, 0.2) is 0 Å². The minimum Gasteiger partial charge on any atom is -1.00 e. The van der Waals surface area contributed by atoms with E-state index in [9.17, 15) is 0 Å². The van der Waals surface area contributed by atoms with E-state index in [-0.39, 0.29) is 59.0 Å². The molecule has 0 heterocycles. The number of carbonyl (C=O) groups excluding carboxylic acids is 1. The number of amides is 2. The van der Waals surface area contributed by atoms with Crippen LogP contribution in [0.5, 0.6) is 0 Å². The van der Waals surface area contributed by atoms with Gasteiger partial charge < -0.3 is 33.7 Å². The molecule has 0 aromatic carbocycles. The maximum atomic E-state index is 9.00. The van der Waals surface area contributed by atoms with Gasteiger partial charge in [-0.2, -0.15) is 0 Å². The van der Waals surface area contributed by atoms with Gasteiger partial charge in [-0.3, -0.25) is 0 Å². The van der Waals surface area contributed by atoms with Gasteiger partial charge in [-0.05, 0) is 0 Å². The Bertz CT molecular complexity index is 126. The van der Waals surface area contributed by atoms with Crippen molar-refractivity contribution in [3.05, 3.63) is 0 Å². The molecule has 0 saturated heterocycles. The molecular weight excluding hydrogens is 204 g/mol. The molecule has 10 heteroatoms. The smallest absolute Gasteiger partial charge is 1.00 e. The van der Waals surface area contributed by atoms with Gasteiger partial charge in [-0.25, -0.2) is 9.36 Å². The number of primary amides is 2. The Morgan fingerprint density at radius 1 is 1.27 bits per heavy atom. The van der Waals surface area contributed by atoms with E-state index in [4.69, 9.17) is 24.0 Å². The van der Waals surface area contributed by atoms with E-state index in [0.29, 0.717) is 0 Å². The number of hydrogen-bond donors (Lipinski definition) is 6. The van der Waals surface area contributed by atoms with Gasteiger partial charge >= 0.3 is 65.2 Å². The molecule has 0 rings (SSSR count). The molecule has 0 spiro atoms. The SMILES string of the molecule is N.NC(N)=O.O=P(O)(O)O.[H-].[K+]. The Morgan fingerprint density at radius 3 is 1.27 bits per heavy atom. The molecule has 0 aliphatic carbocycles. The summed E-state index contributed by atoms with van der Waals surface area (Å²) < 4.78 is 8.88. The molecule has 0 unspecified atom stereocenters. The Balaban J connectivity index is -0.0000000221. The van der Waals surface area contributed by atoms with Crippen molar-refractivity contribution in [2.75, 3.05) is 0 Å². The summed E-state index contributed by atoms with van der Waals surface area (Å²) in [6.07, 6.45) is 0. The van der Waals surface area contributed by atoms with Gasteiger partial charge in [0.2, 0.25) is 0 Å². The summed E-state index contributed by atoms with van der Waals surface area (Å²) in [5.41, 5.74) is 8.50. The van der Waals surface area contributed by atoms with E-state index < -0.39 is 13.9 Å². The molecule has 0 saturated carbocycles. The van der Waals surface area contributed by atoms with E-state index in [2.05, 4.69) is 11.5 Å². The molecule has 10 N–H and O–H groups in total. The van der Waals surface area contributed by atoms with Crippen molar-refractivity contribution in [2.24, 2.45) is 11.5 Å². The third-order valence-corrected chi connectivity index (χ3v) is 0. The molecule has 0 bridgehead atoms. The summed E-state index contributed by atoms with van der Waals surface area (Å²) in [6, 6.07) is -0.833. The van der Waals surface area contributed by atoms with Crippen LogP contribution in [-0.2, 0) is 4.57 Å². The fourth-order valence-corrected chi connectivity index (χ4v) is 0. The zero-order valence-electron chi connectivity index (χ0n) is 6.97. The molecule has 2 amide bonds.